The van der Waals surface area contributed by atoms with Crippen LogP contribution in [0.25, 0.3) is 6.08 Å². The van der Waals surface area contributed by atoms with E-state index >= 15 is 0 Å². The summed E-state index contributed by atoms with van der Waals surface area (Å²) in [5.41, 5.74) is 1.86. The van der Waals surface area contributed by atoms with Gasteiger partial charge in [0, 0.05) is 18.0 Å². The number of ether oxygens (including phenoxy) is 1. The minimum absolute atomic E-state index is 0.131. The maximum Gasteiger partial charge on any atom is 0.411 e. The Balaban J connectivity index is 2.14. The number of nitrogens with one attached hydrogen (secondary N) is 1. The highest BCUT2D eigenvalue weighted by atomic mass is 16.5. The van der Waals surface area contributed by atoms with Crippen molar-refractivity contribution in [2.45, 2.75) is 6.92 Å². The van der Waals surface area contributed by atoms with E-state index in [9.17, 15) is 9.59 Å². The standard InChI is InChI=1S/C17H16N2O3/c1-2-22-17(21)19-15-6-4-3-5-13(15)7-8-16(20)14-9-11-18-12-10-14/h3-12H,2H2,1H3,(H,19,21). The van der Waals surface area contributed by atoms with Gasteiger partial charge in [-0.3, -0.25) is 15.1 Å². The number of anilines is 1. The van der Waals surface area contributed by atoms with Crippen LogP contribution >= 0.6 is 0 Å². The fourth-order valence-electron chi connectivity index (χ4n) is 1.81. The molecule has 0 aliphatic rings. The lowest BCUT2D eigenvalue weighted by Crippen LogP contribution is -2.13. The Kier molecular flexibility index (Phi) is 5.43. The molecule has 0 aliphatic heterocycles. The second-order valence-electron chi connectivity index (χ2n) is 4.37. The number of rotatable bonds is 5. The van der Waals surface area contributed by atoms with Crippen LogP contribution in [0.3, 0.4) is 0 Å². The van der Waals surface area contributed by atoms with E-state index < -0.39 is 6.09 Å². The molecule has 1 aromatic heterocycles. The minimum atomic E-state index is -0.524. The number of amides is 1. The molecule has 1 N–H and O–H groups in total. The van der Waals surface area contributed by atoms with Gasteiger partial charge in [0.15, 0.2) is 5.78 Å². The van der Waals surface area contributed by atoms with Gasteiger partial charge in [-0.1, -0.05) is 18.2 Å². The van der Waals surface area contributed by atoms with Crippen molar-refractivity contribution < 1.29 is 14.3 Å². The smallest absolute Gasteiger partial charge is 0.411 e. The van der Waals surface area contributed by atoms with E-state index in [1.807, 2.05) is 6.07 Å². The van der Waals surface area contributed by atoms with Gasteiger partial charge in [0.25, 0.3) is 0 Å². The Morgan fingerprint density at radius 1 is 1.18 bits per heavy atom. The predicted molar refractivity (Wildman–Crippen MR) is 84.7 cm³/mol. The zero-order valence-corrected chi connectivity index (χ0v) is 12.2. The summed E-state index contributed by atoms with van der Waals surface area (Å²) in [6.07, 6.45) is 5.73. The van der Waals surface area contributed by atoms with E-state index in [4.69, 9.17) is 4.74 Å². The van der Waals surface area contributed by atoms with Gasteiger partial charge in [0.05, 0.1) is 12.3 Å². The van der Waals surface area contributed by atoms with E-state index in [-0.39, 0.29) is 5.78 Å². The number of allylic oxidation sites excluding steroid dienone is 1. The normalized spacial score (nSPS) is 10.4. The molecule has 0 unspecified atom stereocenters. The molecule has 112 valence electrons. The summed E-state index contributed by atoms with van der Waals surface area (Å²) in [4.78, 5) is 27.4. The molecule has 1 aromatic carbocycles. The number of aromatic nitrogens is 1. The first-order chi connectivity index (χ1) is 10.7. The second kappa shape index (κ2) is 7.73. The Labute approximate surface area is 128 Å². The van der Waals surface area contributed by atoms with Crippen LogP contribution in [0.2, 0.25) is 0 Å². The van der Waals surface area contributed by atoms with Crippen molar-refractivity contribution >= 4 is 23.6 Å². The van der Waals surface area contributed by atoms with Crippen LogP contribution in [0.15, 0.2) is 54.9 Å². The largest absolute Gasteiger partial charge is 0.450 e. The lowest BCUT2D eigenvalue weighted by Gasteiger charge is -2.08. The molecule has 0 saturated carbocycles. The molecule has 0 radical (unpaired) electrons. The average molecular weight is 296 g/mol. The lowest BCUT2D eigenvalue weighted by molar-refractivity contribution is 0.104. The molecule has 1 amide bonds. The van der Waals surface area contributed by atoms with Crippen molar-refractivity contribution in [2.24, 2.45) is 0 Å². The van der Waals surface area contributed by atoms with Crippen molar-refractivity contribution in [2.75, 3.05) is 11.9 Å². The van der Waals surface area contributed by atoms with Crippen LogP contribution < -0.4 is 5.32 Å². The Morgan fingerprint density at radius 2 is 1.91 bits per heavy atom. The monoisotopic (exact) mass is 296 g/mol. The van der Waals surface area contributed by atoms with Crippen LogP contribution in [0, 0.1) is 0 Å². The Hall–Kier alpha value is -2.95. The molecule has 1 heterocycles. The third kappa shape index (κ3) is 4.28. The summed E-state index contributed by atoms with van der Waals surface area (Å²) in [6.45, 7) is 2.03. The Morgan fingerprint density at radius 3 is 2.64 bits per heavy atom. The van der Waals surface area contributed by atoms with Crippen LogP contribution in [0.5, 0.6) is 0 Å². The second-order valence-corrected chi connectivity index (χ2v) is 4.37. The van der Waals surface area contributed by atoms with Gasteiger partial charge in [-0.2, -0.15) is 0 Å². The summed E-state index contributed by atoms with van der Waals surface area (Å²) in [5.74, 6) is -0.131. The molecule has 0 aliphatic carbocycles. The third-order valence-electron chi connectivity index (χ3n) is 2.85. The number of benzene rings is 1. The van der Waals surface area contributed by atoms with E-state index in [1.165, 1.54) is 6.08 Å². The van der Waals surface area contributed by atoms with Crippen molar-refractivity contribution in [3.05, 3.63) is 66.0 Å². The van der Waals surface area contributed by atoms with Crippen molar-refractivity contribution in [1.82, 2.24) is 4.98 Å². The zero-order chi connectivity index (χ0) is 15.8. The molecular formula is C17H16N2O3. The van der Waals surface area contributed by atoms with Crippen molar-refractivity contribution in [3.8, 4) is 0 Å². The summed E-state index contributed by atoms with van der Waals surface area (Å²) in [6, 6.07) is 10.5. The number of nitrogens with zero attached hydrogens (tertiary/aromatic N) is 1. The van der Waals surface area contributed by atoms with Gasteiger partial charge in [0.2, 0.25) is 0 Å². The molecule has 0 saturated heterocycles. The molecule has 22 heavy (non-hydrogen) atoms. The number of hydrogen-bond acceptors (Lipinski definition) is 4. The Bertz CT molecular complexity index is 681. The summed E-state index contributed by atoms with van der Waals surface area (Å²) in [7, 11) is 0. The number of hydrogen-bond donors (Lipinski definition) is 1. The molecular weight excluding hydrogens is 280 g/mol. The molecule has 5 nitrogen and oxygen atoms in total. The highest BCUT2D eigenvalue weighted by molar-refractivity contribution is 6.07. The lowest BCUT2D eigenvalue weighted by atomic mass is 10.1. The van der Waals surface area contributed by atoms with Crippen molar-refractivity contribution in [1.29, 1.82) is 0 Å². The molecule has 0 fully saturated rings. The molecule has 5 heteroatoms. The summed E-state index contributed by atoms with van der Waals surface area (Å²) < 4.78 is 4.85. The number of para-hydroxylation sites is 1. The first-order valence-corrected chi connectivity index (χ1v) is 6.86. The van der Waals surface area contributed by atoms with Gasteiger partial charge in [-0.05, 0) is 42.8 Å². The minimum Gasteiger partial charge on any atom is -0.450 e. The highest BCUT2D eigenvalue weighted by Crippen LogP contribution is 2.17. The topological polar surface area (TPSA) is 68.3 Å². The maximum absolute atomic E-state index is 12.0. The molecule has 2 rings (SSSR count). The third-order valence-corrected chi connectivity index (χ3v) is 2.85. The molecule has 2 aromatic rings. The molecule has 0 bridgehead atoms. The first kappa shape index (κ1) is 15.4. The van der Waals surface area contributed by atoms with Crippen LogP contribution in [-0.2, 0) is 4.74 Å². The van der Waals surface area contributed by atoms with Gasteiger partial charge in [0.1, 0.15) is 0 Å². The van der Waals surface area contributed by atoms with Gasteiger partial charge < -0.3 is 4.74 Å². The van der Waals surface area contributed by atoms with Crippen LogP contribution in [0.1, 0.15) is 22.8 Å². The molecule has 0 spiro atoms. The number of ketones is 1. The van der Waals surface area contributed by atoms with E-state index in [1.54, 1.807) is 55.7 Å². The summed E-state index contributed by atoms with van der Waals surface area (Å²) >= 11 is 0. The predicted octanol–water partition coefficient (Wildman–Crippen LogP) is 3.55. The molecule has 0 atom stereocenters. The number of carbonyl (C=O) groups excluding carboxylic acids is 2. The van der Waals surface area contributed by atoms with Crippen molar-refractivity contribution in [3.63, 3.8) is 0 Å². The van der Waals surface area contributed by atoms with E-state index in [0.29, 0.717) is 17.9 Å². The number of pyridine rings is 1. The quantitative estimate of drug-likeness (QED) is 0.676. The maximum atomic E-state index is 12.0. The van der Waals surface area contributed by atoms with Crippen LogP contribution in [0.4, 0.5) is 10.5 Å². The summed E-state index contributed by atoms with van der Waals surface area (Å²) in [5, 5.41) is 2.64. The SMILES string of the molecule is CCOC(=O)Nc1ccccc1C=CC(=O)c1ccncc1. The highest BCUT2D eigenvalue weighted by Gasteiger charge is 2.06. The zero-order valence-electron chi connectivity index (χ0n) is 12.2. The van der Waals surface area contributed by atoms with Gasteiger partial charge >= 0.3 is 6.09 Å². The average Bonchev–Trinajstić information content (AvgIpc) is 2.55. The van der Waals surface area contributed by atoms with Crippen LogP contribution in [-0.4, -0.2) is 23.5 Å². The number of carbonyl (C=O) groups is 2. The fraction of sp³-hybridized carbons (Fsp3) is 0.118. The first-order valence-electron chi connectivity index (χ1n) is 6.86. The van der Waals surface area contributed by atoms with E-state index in [2.05, 4.69) is 10.3 Å². The van der Waals surface area contributed by atoms with Gasteiger partial charge in [-0.25, -0.2) is 4.79 Å². The fourth-order valence-corrected chi connectivity index (χ4v) is 1.81. The van der Waals surface area contributed by atoms with Gasteiger partial charge in [-0.15, -0.1) is 0 Å². The van der Waals surface area contributed by atoms with E-state index in [0.717, 1.165) is 5.56 Å².